The fourth-order valence-corrected chi connectivity index (χ4v) is 2.77. The van der Waals surface area contributed by atoms with E-state index in [0.29, 0.717) is 16.5 Å². The van der Waals surface area contributed by atoms with Gasteiger partial charge in [-0.3, -0.25) is 9.59 Å². The Morgan fingerprint density at radius 2 is 1.78 bits per heavy atom. The van der Waals surface area contributed by atoms with Crippen molar-refractivity contribution in [1.82, 2.24) is 5.32 Å². The van der Waals surface area contributed by atoms with Crippen LogP contribution in [0.1, 0.15) is 18.5 Å². The Morgan fingerprint density at radius 1 is 1.11 bits per heavy atom. The largest absolute Gasteiger partial charge is 0.497 e. The number of ether oxygens (including phenoxy) is 1. The predicted octanol–water partition coefficient (Wildman–Crippen LogP) is 1.68. The minimum absolute atomic E-state index is 0.121. The van der Waals surface area contributed by atoms with Crippen LogP contribution in [0.5, 0.6) is 5.75 Å². The molecule has 0 aliphatic carbocycles. The summed E-state index contributed by atoms with van der Waals surface area (Å²) < 4.78 is 5.13. The van der Waals surface area contributed by atoms with Gasteiger partial charge < -0.3 is 20.3 Å². The van der Waals surface area contributed by atoms with Crippen LogP contribution in [-0.4, -0.2) is 39.1 Å². The maximum Gasteiger partial charge on any atom is 0.279 e. The molecule has 2 aromatic carbocycles. The summed E-state index contributed by atoms with van der Waals surface area (Å²) in [5.41, 5.74) is 1.63. The summed E-state index contributed by atoms with van der Waals surface area (Å²) >= 11 is 5.88. The van der Waals surface area contributed by atoms with Gasteiger partial charge in [0.15, 0.2) is 13.1 Å². The van der Waals surface area contributed by atoms with Gasteiger partial charge in [-0.25, -0.2) is 0 Å². The second-order valence-electron chi connectivity index (χ2n) is 6.43. The number of amides is 2. The van der Waals surface area contributed by atoms with Crippen molar-refractivity contribution in [2.24, 2.45) is 0 Å². The van der Waals surface area contributed by atoms with Crippen molar-refractivity contribution in [3.63, 3.8) is 0 Å². The van der Waals surface area contributed by atoms with Crippen LogP contribution in [-0.2, 0) is 9.59 Å². The molecule has 0 aliphatic heterocycles. The van der Waals surface area contributed by atoms with Crippen molar-refractivity contribution in [3.8, 4) is 5.75 Å². The zero-order valence-electron chi connectivity index (χ0n) is 15.7. The highest BCUT2D eigenvalue weighted by Gasteiger charge is 2.16. The van der Waals surface area contributed by atoms with Gasteiger partial charge in [-0.05, 0) is 36.8 Å². The monoisotopic (exact) mass is 390 g/mol. The molecule has 6 nitrogen and oxygen atoms in total. The molecule has 0 heterocycles. The Hall–Kier alpha value is -2.57. The molecule has 1 unspecified atom stereocenters. The van der Waals surface area contributed by atoms with Crippen LogP contribution in [0.2, 0.25) is 5.02 Å². The molecule has 0 saturated carbocycles. The average molecular weight is 391 g/mol. The van der Waals surface area contributed by atoms with E-state index in [9.17, 15) is 9.59 Å². The van der Waals surface area contributed by atoms with Crippen LogP contribution in [0.25, 0.3) is 0 Å². The predicted molar refractivity (Wildman–Crippen MR) is 106 cm³/mol. The minimum atomic E-state index is -0.167. The van der Waals surface area contributed by atoms with Crippen molar-refractivity contribution in [2.75, 3.05) is 32.6 Å². The molecule has 3 N–H and O–H groups in total. The lowest BCUT2D eigenvalue weighted by Gasteiger charge is -2.17. The van der Waals surface area contributed by atoms with Crippen LogP contribution in [0.15, 0.2) is 48.5 Å². The second kappa shape index (κ2) is 9.94. The Kier molecular flexibility index (Phi) is 7.64. The first-order chi connectivity index (χ1) is 12.9. The van der Waals surface area contributed by atoms with Gasteiger partial charge in [-0.1, -0.05) is 29.8 Å². The number of rotatable bonds is 8. The van der Waals surface area contributed by atoms with E-state index < -0.39 is 0 Å². The van der Waals surface area contributed by atoms with E-state index in [1.54, 1.807) is 50.6 Å². The van der Waals surface area contributed by atoms with Crippen molar-refractivity contribution < 1.29 is 19.2 Å². The summed E-state index contributed by atoms with van der Waals surface area (Å²) in [5, 5.41) is 6.40. The number of carbonyl (C=O) groups is 2. The molecule has 2 atom stereocenters. The summed E-state index contributed by atoms with van der Waals surface area (Å²) in [6.45, 7) is 2.29. The van der Waals surface area contributed by atoms with Crippen molar-refractivity contribution in [1.29, 1.82) is 0 Å². The fourth-order valence-electron chi connectivity index (χ4n) is 2.64. The Balaban J connectivity index is 1.79. The molecule has 27 heavy (non-hydrogen) atoms. The quantitative estimate of drug-likeness (QED) is 0.642. The van der Waals surface area contributed by atoms with E-state index >= 15 is 0 Å². The van der Waals surface area contributed by atoms with E-state index in [0.717, 1.165) is 10.5 Å². The zero-order valence-corrected chi connectivity index (χ0v) is 16.5. The molecule has 2 aromatic rings. The van der Waals surface area contributed by atoms with Crippen molar-refractivity contribution in [3.05, 3.63) is 59.1 Å². The van der Waals surface area contributed by atoms with Gasteiger partial charge in [0.2, 0.25) is 0 Å². The summed E-state index contributed by atoms with van der Waals surface area (Å²) in [4.78, 5) is 25.2. The van der Waals surface area contributed by atoms with Gasteiger partial charge >= 0.3 is 0 Å². The van der Waals surface area contributed by atoms with Crippen LogP contribution < -0.4 is 20.3 Å². The average Bonchev–Trinajstić information content (AvgIpc) is 2.61. The topological polar surface area (TPSA) is 71.9 Å². The SMILES string of the molecule is COc1cccc(NC(=O)C[NH+](C)CC(=O)N[C@H](C)c2ccc(Cl)cc2)c1. The smallest absolute Gasteiger partial charge is 0.279 e. The number of anilines is 1. The number of halogens is 1. The Bertz CT molecular complexity index is 780. The molecule has 0 bridgehead atoms. The van der Waals surface area contributed by atoms with Gasteiger partial charge in [0.1, 0.15) is 5.75 Å². The number of nitrogens with one attached hydrogen (secondary N) is 3. The Morgan fingerprint density at radius 3 is 2.44 bits per heavy atom. The van der Waals surface area contributed by atoms with E-state index in [4.69, 9.17) is 16.3 Å². The fraction of sp³-hybridized carbons (Fsp3) is 0.300. The van der Waals surface area contributed by atoms with Crippen LogP contribution >= 0.6 is 11.6 Å². The highest BCUT2D eigenvalue weighted by Crippen LogP contribution is 2.16. The van der Waals surface area contributed by atoms with Gasteiger partial charge in [0.05, 0.1) is 20.2 Å². The first kappa shape index (κ1) is 20.7. The van der Waals surface area contributed by atoms with E-state index in [1.807, 2.05) is 19.1 Å². The summed E-state index contributed by atoms with van der Waals surface area (Å²) in [7, 11) is 3.38. The van der Waals surface area contributed by atoms with Crippen LogP contribution in [0.3, 0.4) is 0 Å². The maximum atomic E-state index is 12.2. The van der Waals surface area contributed by atoms with Gasteiger partial charge in [-0.15, -0.1) is 0 Å². The Labute approximate surface area is 164 Å². The number of methoxy groups -OCH3 is 1. The van der Waals surface area contributed by atoms with E-state index in [1.165, 1.54) is 0 Å². The second-order valence-corrected chi connectivity index (χ2v) is 6.87. The molecule has 2 amide bonds. The normalized spacial score (nSPS) is 12.7. The number of hydrogen-bond acceptors (Lipinski definition) is 3. The number of benzene rings is 2. The molecule has 0 saturated heterocycles. The molecular weight excluding hydrogens is 366 g/mol. The highest BCUT2D eigenvalue weighted by molar-refractivity contribution is 6.30. The molecular formula is C20H25ClN3O3+. The third kappa shape index (κ3) is 6.92. The van der Waals surface area contributed by atoms with Crippen molar-refractivity contribution >= 4 is 29.1 Å². The molecule has 0 aromatic heterocycles. The van der Waals surface area contributed by atoms with Gasteiger partial charge in [0, 0.05) is 16.8 Å². The summed E-state index contributed by atoms with van der Waals surface area (Å²) in [6.07, 6.45) is 0. The molecule has 0 aliphatic rings. The molecule has 144 valence electrons. The number of quaternary nitrogens is 1. The number of likely N-dealkylation sites (N-methyl/N-ethyl adjacent to an activating group) is 1. The standard InChI is InChI=1S/C20H24ClN3O3/c1-14(15-7-9-16(21)10-8-15)22-19(25)12-24(2)13-20(26)23-17-5-4-6-18(11-17)27-3/h4-11,14H,12-13H2,1-3H3,(H,22,25)(H,23,26)/p+1/t14-/m1/s1. The lowest BCUT2D eigenvalue weighted by molar-refractivity contribution is -0.862. The molecule has 0 spiro atoms. The minimum Gasteiger partial charge on any atom is -0.497 e. The van der Waals surface area contributed by atoms with E-state index in [-0.39, 0.29) is 30.9 Å². The highest BCUT2D eigenvalue weighted by atomic mass is 35.5. The third-order valence-electron chi connectivity index (χ3n) is 4.03. The van der Waals surface area contributed by atoms with Crippen molar-refractivity contribution in [2.45, 2.75) is 13.0 Å². The molecule has 0 fully saturated rings. The molecule has 0 radical (unpaired) electrons. The molecule has 2 rings (SSSR count). The lowest BCUT2D eigenvalue weighted by atomic mass is 10.1. The third-order valence-corrected chi connectivity index (χ3v) is 4.28. The van der Waals surface area contributed by atoms with Gasteiger partial charge in [-0.2, -0.15) is 0 Å². The summed E-state index contributed by atoms with van der Waals surface area (Å²) in [6, 6.07) is 14.4. The first-order valence-corrected chi connectivity index (χ1v) is 9.05. The number of hydrogen-bond donors (Lipinski definition) is 3. The number of carbonyl (C=O) groups excluding carboxylic acids is 2. The van der Waals surface area contributed by atoms with Crippen LogP contribution in [0.4, 0.5) is 5.69 Å². The zero-order chi connectivity index (χ0) is 19.8. The lowest BCUT2D eigenvalue weighted by Crippen LogP contribution is -3.11. The molecule has 7 heteroatoms. The first-order valence-electron chi connectivity index (χ1n) is 8.67. The summed E-state index contributed by atoms with van der Waals surface area (Å²) in [5.74, 6) is 0.382. The van der Waals surface area contributed by atoms with E-state index in [2.05, 4.69) is 10.6 Å². The van der Waals surface area contributed by atoms with Gasteiger partial charge in [0.25, 0.3) is 11.8 Å². The van der Waals surface area contributed by atoms with Crippen LogP contribution in [0, 0.1) is 0 Å². The maximum absolute atomic E-state index is 12.2.